The molecule has 1 heterocycles. The van der Waals surface area contributed by atoms with Crippen LogP contribution < -0.4 is 0 Å². The van der Waals surface area contributed by atoms with Crippen molar-refractivity contribution in [2.45, 2.75) is 66.0 Å². The molecule has 1 aliphatic rings. The molecule has 0 aliphatic carbocycles. The molecule has 0 N–H and O–H groups in total. The van der Waals surface area contributed by atoms with E-state index in [0.29, 0.717) is 5.57 Å². The van der Waals surface area contributed by atoms with Gasteiger partial charge in [-0.15, -0.1) is 0 Å². The highest BCUT2D eigenvalue weighted by molar-refractivity contribution is 6.70. The van der Waals surface area contributed by atoms with Crippen molar-refractivity contribution in [2.75, 3.05) is 13.2 Å². The van der Waals surface area contributed by atoms with Gasteiger partial charge >= 0.3 is 12.3 Å². The standard InChI is InChI=1S/C21H34F3NO5Si/c1-9-15(19(26)25-17(14(4)5)12-29-20(25)27)16(21(22,23)24)10-18(28-11-13(2)3)30-31(6,7)8/h10,14-17H,2,9,11-12H2,1,3-8H3/b18-10-/t15-,16-,17-/m1/s1. The maximum atomic E-state index is 14.1. The van der Waals surface area contributed by atoms with Gasteiger partial charge in [-0.3, -0.25) is 4.79 Å². The van der Waals surface area contributed by atoms with E-state index in [1.165, 1.54) is 6.92 Å². The van der Waals surface area contributed by atoms with Gasteiger partial charge in [-0.25, -0.2) is 9.69 Å². The molecule has 0 saturated carbocycles. The number of carbonyl (C=O) groups is 2. The lowest BCUT2D eigenvalue weighted by molar-refractivity contribution is -0.182. The third-order valence-electron chi connectivity index (χ3n) is 4.66. The second-order valence-corrected chi connectivity index (χ2v) is 13.6. The van der Waals surface area contributed by atoms with E-state index in [1.807, 2.05) is 19.6 Å². The van der Waals surface area contributed by atoms with Crippen LogP contribution in [0.1, 0.15) is 34.1 Å². The number of carbonyl (C=O) groups excluding carboxylic acids is 2. The minimum absolute atomic E-state index is 0.0144. The van der Waals surface area contributed by atoms with Gasteiger partial charge in [0.05, 0.1) is 17.9 Å². The number of halogens is 3. The van der Waals surface area contributed by atoms with Gasteiger partial charge in [-0.2, -0.15) is 13.2 Å². The summed E-state index contributed by atoms with van der Waals surface area (Å²) in [6, 6.07) is -0.607. The first-order valence-corrected chi connectivity index (χ1v) is 13.7. The Hall–Kier alpha value is -1.97. The third-order valence-corrected chi connectivity index (χ3v) is 5.48. The van der Waals surface area contributed by atoms with Crippen LogP contribution in [0.5, 0.6) is 0 Å². The second kappa shape index (κ2) is 10.6. The molecule has 178 valence electrons. The molecule has 0 spiro atoms. The summed E-state index contributed by atoms with van der Waals surface area (Å²) in [5, 5.41) is 0. The molecule has 0 bridgehead atoms. The molecule has 1 rings (SSSR count). The number of hydrogen-bond donors (Lipinski definition) is 0. The third kappa shape index (κ3) is 7.90. The maximum Gasteiger partial charge on any atom is 0.416 e. The number of imide groups is 1. The van der Waals surface area contributed by atoms with Crippen LogP contribution in [0.15, 0.2) is 24.2 Å². The molecule has 0 aromatic heterocycles. The molecule has 10 heteroatoms. The van der Waals surface area contributed by atoms with Crippen LogP contribution in [0, 0.1) is 17.8 Å². The number of hydrogen-bond acceptors (Lipinski definition) is 5. The summed E-state index contributed by atoms with van der Waals surface area (Å²) in [7, 11) is -2.31. The zero-order chi connectivity index (χ0) is 24.1. The second-order valence-electron chi connectivity index (χ2n) is 9.12. The molecule has 0 aromatic carbocycles. The molecular formula is C21H34F3NO5Si. The average molecular weight is 466 g/mol. The predicted molar refractivity (Wildman–Crippen MR) is 113 cm³/mol. The van der Waals surface area contributed by atoms with Crippen LogP contribution in [0.3, 0.4) is 0 Å². The first kappa shape index (κ1) is 27.1. The normalized spacial score (nSPS) is 19.8. The zero-order valence-corrected chi connectivity index (χ0v) is 20.3. The van der Waals surface area contributed by atoms with E-state index in [-0.39, 0.29) is 31.5 Å². The first-order valence-electron chi connectivity index (χ1n) is 10.3. The van der Waals surface area contributed by atoms with Crippen LogP contribution in [0.2, 0.25) is 19.6 Å². The van der Waals surface area contributed by atoms with Crippen molar-refractivity contribution < 1.29 is 36.7 Å². The molecule has 6 nitrogen and oxygen atoms in total. The topological polar surface area (TPSA) is 65.1 Å². The molecule has 1 aliphatic heterocycles. The Balaban J connectivity index is 3.38. The van der Waals surface area contributed by atoms with Crippen molar-refractivity contribution in [1.29, 1.82) is 0 Å². The number of nitrogens with zero attached hydrogens (tertiary/aromatic N) is 1. The average Bonchev–Trinajstić information content (AvgIpc) is 2.98. The molecule has 0 radical (unpaired) electrons. The Bertz CT molecular complexity index is 700. The highest BCUT2D eigenvalue weighted by Gasteiger charge is 2.50. The lowest BCUT2D eigenvalue weighted by atomic mass is 9.87. The lowest BCUT2D eigenvalue weighted by Crippen LogP contribution is -2.48. The summed E-state index contributed by atoms with van der Waals surface area (Å²) in [5.41, 5.74) is 0.608. The van der Waals surface area contributed by atoms with Crippen molar-refractivity contribution in [2.24, 2.45) is 17.8 Å². The highest BCUT2D eigenvalue weighted by Crippen LogP contribution is 2.38. The SMILES string of the molecule is C=C(C)CO/C(=C/[C@H]([C@@H](CC)C(=O)N1C(=O)OC[C@@H]1C(C)C)C(F)(F)F)O[Si](C)(C)C. The van der Waals surface area contributed by atoms with Crippen LogP contribution in [-0.2, 0) is 18.7 Å². The van der Waals surface area contributed by atoms with Crippen molar-refractivity contribution in [3.05, 3.63) is 24.2 Å². The summed E-state index contributed by atoms with van der Waals surface area (Å²) in [5.74, 6) is -5.06. The van der Waals surface area contributed by atoms with E-state index in [2.05, 4.69) is 6.58 Å². The van der Waals surface area contributed by atoms with Crippen LogP contribution >= 0.6 is 0 Å². The lowest BCUT2D eigenvalue weighted by Gasteiger charge is -2.31. The zero-order valence-electron chi connectivity index (χ0n) is 19.3. The quantitative estimate of drug-likeness (QED) is 0.243. The van der Waals surface area contributed by atoms with Gasteiger partial charge in [-0.1, -0.05) is 27.4 Å². The van der Waals surface area contributed by atoms with Crippen molar-refractivity contribution >= 4 is 20.3 Å². The van der Waals surface area contributed by atoms with Gasteiger partial charge < -0.3 is 13.9 Å². The van der Waals surface area contributed by atoms with Crippen molar-refractivity contribution in [1.82, 2.24) is 4.90 Å². The van der Waals surface area contributed by atoms with Crippen LogP contribution in [-0.4, -0.2) is 50.6 Å². The largest absolute Gasteiger partial charge is 0.520 e. The van der Waals surface area contributed by atoms with Gasteiger partial charge in [-0.05, 0) is 44.5 Å². The summed E-state index contributed by atoms with van der Waals surface area (Å²) < 4.78 is 58.4. The fourth-order valence-electron chi connectivity index (χ4n) is 3.13. The number of ether oxygens (including phenoxy) is 2. The van der Waals surface area contributed by atoms with Crippen LogP contribution in [0.4, 0.5) is 18.0 Å². The minimum atomic E-state index is -4.76. The van der Waals surface area contributed by atoms with E-state index in [9.17, 15) is 22.8 Å². The molecule has 1 saturated heterocycles. The number of rotatable bonds is 10. The van der Waals surface area contributed by atoms with Gasteiger partial charge in [0.2, 0.25) is 14.2 Å². The molecule has 0 unspecified atom stereocenters. The Labute approximate surface area is 183 Å². The molecule has 1 fully saturated rings. The van der Waals surface area contributed by atoms with E-state index in [0.717, 1.165) is 11.0 Å². The van der Waals surface area contributed by atoms with Gasteiger partial charge in [0.25, 0.3) is 5.95 Å². The summed E-state index contributed by atoms with van der Waals surface area (Å²) in [4.78, 5) is 26.1. The van der Waals surface area contributed by atoms with Crippen molar-refractivity contribution in [3.63, 3.8) is 0 Å². The van der Waals surface area contributed by atoms with E-state index < -0.39 is 44.4 Å². The fourth-order valence-corrected chi connectivity index (χ4v) is 3.86. The fraction of sp³-hybridized carbons (Fsp3) is 0.714. The van der Waals surface area contributed by atoms with Gasteiger partial charge in [0.15, 0.2) is 0 Å². The summed E-state index contributed by atoms with van der Waals surface area (Å²) >= 11 is 0. The molecule has 31 heavy (non-hydrogen) atoms. The monoisotopic (exact) mass is 465 g/mol. The van der Waals surface area contributed by atoms with Crippen LogP contribution in [0.25, 0.3) is 0 Å². The number of cyclic esters (lactones) is 1. The first-order chi connectivity index (χ1) is 14.1. The number of alkyl halides is 3. The predicted octanol–water partition coefficient (Wildman–Crippen LogP) is 5.48. The van der Waals surface area contributed by atoms with E-state index in [1.54, 1.807) is 20.8 Å². The Morgan fingerprint density at radius 1 is 1.35 bits per heavy atom. The number of amides is 2. The molecule has 0 aromatic rings. The van der Waals surface area contributed by atoms with Gasteiger partial charge in [0, 0.05) is 6.08 Å². The number of allylic oxidation sites excluding steroid dienone is 1. The summed E-state index contributed by atoms with van der Waals surface area (Å²) in [6.07, 6.45) is -4.98. The van der Waals surface area contributed by atoms with Gasteiger partial charge in [0.1, 0.15) is 13.2 Å². The molecule has 2 amide bonds. The Kier molecular flexibility index (Phi) is 9.22. The van der Waals surface area contributed by atoms with E-state index in [4.69, 9.17) is 13.9 Å². The smallest absolute Gasteiger partial charge is 0.416 e. The van der Waals surface area contributed by atoms with Crippen molar-refractivity contribution in [3.8, 4) is 0 Å². The Morgan fingerprint density at radius 2 is 1.94 bits per heavy atom. The minimum Gasteiger partial charge on any atom is -0.520 e. The molecular weight excluding hydrogens is 431 g/mol. The Morgan fingerprint density at radius 3 is 2.35 bits per heavy atom. The molecule has 3 atom stereocenters. The van der Waals surface area contributed by atoms with E-state index >= 15 is 0 Å². The summed E-state index contributed by atoms with van der Waals surface area (Å²) in [6.45, 7) is 15.8. The highest BCUT2D eigenvalue weighted by atomic mass is 28.4. The maximum absolute atomic E-state index is 14.1.